The second-order valence-electron chi connectivity index (χ2n) is 8.13. The molecule has 166 valence electrons. The molecule has 2 heterocycles. The minimum atomic E-state index is -3.85. The standard InChI is InChI=1S/C23H29N3O4S/c1-17-14-26(18(2)16-27)31(28,29)23-11-9-19(8-10-20-7-5-6-12-24-20)13-21(23)30-22(17)15-25(3)4/h5-7,9,11-13,17-18,22,27H,14-16H2,1-4H3/t17-,18+,22-/m1/s1. The summed E-state index contributed by atoms with van der Waals surface area (Å²) in [6.07, 6.45) is 1.45. The topological polar surface area (TPSA) is 83.0 Å². The van der Waals surface area contributed by atoms with E-state index in [4.69, 9.17) is 4.74 Å². The van der Waals surface area contributed by atoms with Crippen molar-refractivity contribution in [1.29, 1.82) is 0 Å². The second-order valence-corrected chi connectivity index (χ2v) is 9.99. The molecule has 1 aliphatic rings. The van der Waals surface area contributed by atoms with Gasteiger partial charge in [0.25, 0.3) is 0 Å². The fourth-order valence-electron chi connectivity index (χ4n) is 3.45. The Morgan fingerprint density at radius 2 is 2.06 bits per heavy atom. The van der Waals surface area contributed by atoms with Crippen molar-refractivity contribution in [3.8, 4) is 17.6 Å². The van der Waals surface area contributed by atoms with Crippen LogP contribution in [0.15, 0.2) is 47.5 Å². The molecule has 1 aromatic heterocycles. The monoisotopic (exact) mass is 443 g/mol. The van der Waals surface area contributed by atoms with Gasteiger partial charge in [-0.15, -0.1) is 0 Å². The van der Waals surface area contributed by atoms with Crippen LogP contribution in [-0.4, -0.2) is 73.7 Å². The second kappa shape index (κ2) is 9.79. The summed E-state index contributed by atoms with van der Waals surface area (Å²) in [5, 5.41) is 9.68. The van der Waals surface area contributed by atoms with Crippen LogP contribution in [0.1, 0.15) is 25.1 Å². The molecule has 0 amide bonds. The third kappa shape index (κ3) is 5.43. The van der Waals surface area contributed by atoms with Gasteiger partial charge in [0.15, 0.2) is 0 Å². The molecule has 0 fully saturated rings. The van der Waals surface area contributed by atoms with Gasteiger partial charge in [0, 0.05) is 36.8 Å². The lowest BCUT2D eigenvalue weighted by Crippen LogP contribution is -2.49. The SMILES string of the molecule is C[C@@H]1CN([C@@H](C)CO)S(=O)(=O)c2ccc(C#Cc3ccccn3)cc2O[C@@H]1CN(C)C. The Balaban J connectivity index is 2.08. The number of ether oxygens (including phenoxy) is 1. The molecule has 0 unspecified atom stereocenters. The van der Waals surface area contributed by atoms with Gasteiger partial charge in [0.05, 0.1) is 6.61 Å². The van der Waals surface area contributed by atoms with Crippen LogP contribution in [0.3, 0.4) is 0 Å². The van der Waals surface area contributed by atoms with Gasteiger partial charge in [0.2, 0.25) is 10.0 Å². The summed E-state index contributed by atoms with van der Waals surface area (Å²) in [7, 11) is 0.0590. The maximum Gasteiger partial charge on any atom is 0.247 e. The van der Waals surface area contributed by atoms with Gasteiger partial charge in [-0.05, 0) is 57.3 Å². The molecule has 1 aliphatic heterocycles. The van der Waals surface area contributed by atoms with E-state index >= 15 is 0 Å². The number of hydrogen-bond acceptors (Lipinski definition) is 6. The van der Waals surface area contributed by atoms with Crippen molar-refractivity contribution in [3.63, 3.8) is 0 Å². The van der Waals surface area contributed by atoms with E-state index in [0.717, 1.165) is 0 Å². The fourth-order valence-corrected chi connectivity index (χ4v) is 5.28. The number of aliphatic hydroxyl groups is 1. The largest absolute Gasteiger partial charge is 0.487 e. The first-order valence-corrected chi connectivity index (χ1v) is 11.7. The molecular formula is C23H29N3O4S. The van der Waals surface area contributed by atoms with Gasteiger partial charge in [0.1, 0.15) is 22.4 Å². The summed E-state index contributed by atoms with van der Waals surface area (Å²) in [6.45, 7) is 4.32. The van der Waals surface area contributed by atoms with Gasteiger partial charge in [-0.25, -0.2) is 13.4 Å². The lowest BCUT2D eigenvalue weighted by molar-refractivity contribution is 0.0812. The number of sulfonamides is 1. The van der Waals surface area contributed by atoms with E-state index in [0.29, 0.717) is 17.8 Å². The third-order valence-corrected chi connectivity index (χ3v) is 7.23. The van der Waals surface area contributed by atoms with Crippen molar-refractivity contribution in [2.45, 2.75) is 30.9 Å². The van der Waals surface area contributed by atoms with Gasteiger partial charge >= 0.3 is 0 Å². The van der Waals surface area contributed by atoms with Crippen LogP contribution in [0.4, 0.5) is 0 Å². The molecule has 0 aliphatic carbocycles. The molecule has 0 radical (unpaired) electrons. The van der Waals surface area contributed by atoms with E-state index in [9.17, 15) is 13.5 Å². The zero-order chi connectivity index (χ0) is 22.6. The Bertz CT molecular complexity index is 1060. The molecule has 8 heteroatoms. The van der Waals surface area contributed by atoms with Crippen LogP contribution < -0.4 is 4.74 Å². The van der Waals surface area contributed by atoms with Crippen LogP contribution in [0.5, 0.6) is 5.75 Å². The van der Waals surface area contributed by atoms with E-state index in [1.165, 1.54) is 10.4 Å². The first-order chi connectivity index (χ1) is 14.7. The van der Waals surface area contributed by atoms with Crippen LogP contribution in [0.25, 0.3) is 0 Å². The average Bonchev–Trinajstić information content (AvgIpc) is 2.74. The minimum absolute atomic E-state index is 0.0809. The molecule has 0 saturated heterocycles. The van der Waals surface area contributed by atoms with Crippen molar-refractivity contribution in [3.05, 3.63) is 53.9 Å². The molecule has 3 atom stereocenters. The number of nitrogens with zero attached hydrogens (tertiary/aromatic N) is 3. The maximum atomic E-state index is 13.4. The maximum absolute atomic E-state index is 13.4. The minimum Gasteiger partial charge on any atom is -0.487 e. The number of pyridine rings is 1. The number of hydrogen-bond donors (Lipinski definition) is 1. The number of fused-ring (bicyclic) bond motifs is 1. The first kappa shape index (κ1) is 23.2. The molecule has 31 heavy (non-hydrogen) atoms. The smallest absolute Gasteiger partial charge is 0.247 e. The molecule has 0 bridgehead atoms. The highest BCUT2D eigenvalue weighted by molar-refractivity contribution is 7.89. The van der Waals surface area contributed by atoms with Crippen LogP contribution in [0, 0.1) is 17.8 Å². The quantitative estimate of drug-likeness (QED) is 0.726. The van der Waals surface area contributed by atoms with E-state index < -0.39 is 16.1 Å². The van der Waals surface area contributed by atoms with E-state index in [2.05, 4.69) is 16.8 Å². The van der Waals surface area contributed by atoms with Crippen LogP contribution >= 0.6 is 0 Å². The van der Waals surface area contributed by atoms with E-state index in [1.54, 1.807) is 25.3 Å². The van der Waals surface area contributed by atoms with Crippen LogP contribution in [0.2, 0.25) is 0 Å². The highest BCUT2D eigenvalue weighted by atomic mass is 32.2. The Labute approximate surface area is 184 Å². The summed E-state index contributed by atoms with van der Waals surface area (Å²) in [5.41, 5.74) is 1.27. The zero-order valence-corrected chi connectivity index (χ0v) is 19.1. The average molecular weight is 444 g/mol. The van der Waals surface area contributed by atoms with E-state index in [-0.39, 0.29) is 35.8 Å². The zero-order valence-electron chi connectivity index (χ0n) is 18.3. The molecule has 1 N–H and O–H groups in total. The fraction of sp³-hybridized carbons (Fsp3) is 0.435. The lowest BCUT2D eigenvalue weighted by Gasteiger charge is -2.37. The van der Waals surface area contributed by atoms with Gasteiger partial charge < -0.3 is 14.7 Å². The number of rotatable bonds is 4. The van der Waals surface area contributed by atoms with Crippen molar-refractivity contribution in [2.75, 3.05) is 33.8 Å². The predicted octanol–water partition coefficient (Wildman–Crippen LogP) is 1.81. The molecule has 0 spiro atoms. The number of benzene rings is 1. The lowest BCUT2D eigenvalue weighted by atomic mass is 10.0. The normalized spacial score (nSPS) is 21.7. The van der Waals surface area contributed by atoms with Crippen molar-refractivity contribution < 1.29 is 18.3 Å². The number of aromatic nitrogens is 1. The Morgan fingerprint density at radius 3 is 2.71 bits per heavy atom. The summed E-state index contributed by atoms with van der Waals surface area (Å²) in [4.78, 5) is 6.29. The van der Waals surface area contributed by atoms with Gasteiger partial charge in [-0.1, -0.05) is 18.9 Å². The summed E-state index contributed by atoms with van der Waals surface area (Å²) in [5.74, 6) is 6.22. The molecule has 1 aromatic carbocycles. The van der Waals surface area contributed by atoms with Gasteiger partial charge in [-0.2, -0.15) is 4.31 Å². The van der Waals surface area contributed by atoms with Crippen molar-refractivity contribution >= 4 is 10.0 Å². The van der Waals surface area contributed by atoms with E-state index in [1.807, 2.05) is 44.1 Å². The summed E-state index contributed by atoms with van der Waals surface area (Å²) >= 11 is 0. The highest BCUT2D eigenvalue weighted by Gasteiger charge is 2.37. The summed E-state index contributed by atoms with van der Waals surface area (Å²) in [6, 6.07) is 9.83. The predicted molar refractivity (Wildman–Crippen MR) is 119 cm³/mol. The summed E-state index contributed by atoms with van der Waals surface area (Å²) < 4.78 is 34.5. The molecule has 7 nitrogen and oxygen atoms in total. The van der Waals surface area contributed by atoms with Crippen LogP contribution in [-0.2, 0) is 10.0 Å². The Hall–Kier alpha value is -2.44. The Morgan fingerprint density at radius 1 is 1.29 bits per heavy atom. The van der Waals surface area contributed by atoms with Crippen molar-refractivity contribution in [1.82, 2.24) is 14.2 Å². The molecule has 3 rings (SSSR count). The number of aliphatic hydroxyl groups excluding tert-OH is 1. The van der Waals surface area contributed by atoms with Gasteiger partial charge in [-0.3, -0.25) is 0 Å². The number of likely N-dealkylation sites (N-methyl/N-ethyl adjacent to an activating group) is 1. The Kier molecular flexibility index (Phi) is 7.34. The molecular weight excluding hydrogens is 414 g/mol. The van der Waals surface area contributed by atoms with Crippen molar-refractivity contribution in [2.24, 2.45) is 5.92 Å². The molecule has 2 aromatic rings. The molecule has 0 saturated carbocycles. The third-order valence-electron chi connectivity index (χ3n) is 5.21. The first-order valence-electron chi connectivity index (χ1n) is 10.2. The highest BCUT2D eigenvalue weighted by Crippen LogP contribution is 2.34.